The van der Waals surface area contributed by atoms with Gasteiger partial charge >= 0.3 is 148 Å². The maximum atomic E-state index is 2.58. The number of hydrogen-bond acceptors (Lipinski definition) is 0. The van der Waals surface area contributed by atoms with E-state index in [4.69, 9.17) is 0 Å². The predicted octanol–water partition coefficient (Wildman–Crippen LogP) is 6.19. The van der Waals surface area contributed by atoms with E-state index in [-0.39, 0.29) is 4.25 Å². The van der Waals surface area contributed by atoms with Crippen LogP contribution >= 0.6 is 0 Å². The molecule has 0 aliphatic heterocycles. The first-order valence-electron chi connectivity index (χ1n) is 8.77. The molecule has 3 rings (SSSR count). The molecule has 0 amide bonds. The summed E-state index contributed by atoms with van der Waals surface area (Å²) in [5.41, 5.74) is 6.55. The third-order valence-electron chi connectivity index (χ3n) is 5.99. The van der Waals surface area contributed by atoms with Gasteiger partial charge in [-0.1, -0.05) is 0 Å². The topological polar surface area (TPSA) is 0 Å². The van der Waals surface area contributed by atoms with E-state index in [9.17, 15) is 0 Å². The fourth-order valence-corrected chi connectivity index (χ4v) is 13.8. The average Bonchev–Trinajstić information content (AvgIpc) is 2.45. The fraction of sp³-hybridized carbons (Fsp3) is 0.429. The zero-order valence-electron chi connectivity index (χ0n) is 15.7. The van der Waals surface area contributed by atoms with Crippen molar-refractivity contribution in [3.63, 3.8) is 0 Å². The summed E-state index contributed by atoms with van der Waals surface area (Å²) in [5, 5.41) is 0. The zero-order chi connectivity index (χ0) is 17.0. The van der Waals surface area contributed by atoms with Crippen molar-refractivity contribution >= 4 is 26.5 Å². The van der Waals surface area contributed by atoms with Gasteiger partial charge in [-0.25, -0.2) is 0 Å². The summed E-state index contributed by atoms with van der Waals surface area (Å²) in [6.45, 7) is 2.54. The molecule has 0 aromatic heterocycles. The number of benzene rings is 2. The minimum atomic E-state index is -2.02. The van der Waals surface area contributed by atoms with Crippen molar-refractivity contribution in [1.82, 2.24) is 0 Å². The maximum absolute atomic E-state index is 2.58. The molecule has 0 N–H and O–H groups in total. The molecular weight excluding hydrogens is 397 g/mol. The minimum absolute atomic E-state index is 0.247. The van der Waals surface area contributed by atoms with Crippen LogP contribution in [0, 0.1) is 0 Å². The number of fused-ring (bicyclic) bond motifs is 2. The van der Waals surface area contributed by atoms with Crippen molar-refractivity contribution in [2.24, 2.45) is 0 Å². The molecule has 1 aliphatic rings. The molecule has 0 saturated carbocycles. The first kappa shape index (κ1) is 17.4. The first-order valence-corrected chi connectivity index (χ1v) is 23.6. The molecule has 1 aliphatic carbocycles. The van der Waals surface area contributed by atoms with Crippen LogP contribution in [0.5, 0.6) is 0 Å². The normalized spacial score (nSPS) is 24.0. The molecule has 0 unspecified atom stereocenters. The van der Waals surface area contributed by atoms with Crippen LogP contribution < -0.4 is 0 Å². The third kappa shape index (κ3) is 2.57. The van der Waals surface area contributed by atoms with E-state index in [1.54, 1.807) is 22.3 Å². The molecule has 0 radical (unpaired) electrons. The monoisotopic (exact) mass is 430 g/mol. The quantitative estimate of drug-likeness (QED) is 0.501. The second kappa shape index (κ2) is 5.52. The van der Waals surface area contributed by atoms with Gasteiger partial charge in [-0.05, 0) is 0 Å². The summed E-state index contributed by atoms with van der Waals surface area (Å²) in [6, 6.07) is 18.7. The molecule has 0 heterocycles. The summed E-state index contributed by atoms with van der Waals surface area (Å²) >= 11 is -3.93. The third-order valence-corrected chi connectivity index (χ3v) is 18.4. The van der Waals surface area contributed by atoms with Crippen molar-refractivity contribution in [3.8, 4) is 0 Å². The second-order valence-corrected chi connectivity index (χ2v) is 32.0. The van der Waals surface area contributed by atoms with E-state index in [0.29, 0.717) is 4.75 Å². The molecule has 0 spiro atoms. The molecule has 122 valence electrons. The summed E-state index contributed by atoms with van der Waals surface area (Å²) in [4.78, 5) is 0. The second-order valence-electron chi connectivity index (χ2n) is 9.35. The van der Waals surface area contributed by atoms with Crippen LogP contribution in [0.1, 0.15) is 33.9 Å². The Hall–Kier alpha value is -0.474. The average molecular weight is 428 g/mol. The number of rotatable bonds is 2. The van der Waals surface area contributed by atoms with E-state index < -0.39 is 26.5 Å². The molecule has 2 aromatic carbocycles. The van der Waals surface area contributed by atoms with Gasteiger partial charge in [-0.15, -0.1) is 0 Å². The van der Waals surface area contributed by atoms with Gasteiger partial charge in [0.1, 0.15) is 0 Å². The zero-order valence-corrected chi connectivity index (χ0v) is 19.9. The Bertz CT molecular complexity index is 684. The molecule has 2 aromatic rings. The van der Waals surface area contributed by atoms with Gasteiger partial charge in [0, 0.05) is 0 Å². The van der Waals surface area contributed by atoms with Crippen LogP contribution in [-0.4, -0.2) is 26.5 Å². The standard InChI is InChI=1S/C21H30Ge2/c1-21(23(5,6)7)18-14-10-8-12-16(18)20(22(2,3)4)17-13-9-11-15-19(17)21/h8-15,20H,1-7H3. The van der Waals surface area contributed by atoms with Crippen molar-refractivity contribution in [3.05, 3.63) is 70.8 Å². The summed E-state index contributed by atoms with van der Waals surface area (Å²) in [7, 11) is 0. The Morgan fingerprint density at radius 2 is 1.09 bits per heavy atom. The first-order chi connectivity index (χ1) is 10.6. The predicted molar refractivity (Wildman–Crippen MR) is 108 cm³/mol. The van der Waals surface area contributed by atoms with E-state index in [1.807, 2.05) is 0 Å². The Kier molecular flexibility index (Phi) is 4.17. The van der Waals surface area contributed by atoms with Gasteiger partial charge in [0.2, 0.25) is 0 Å². The van der Waals surface area contributed by atoms with Crippen LogP contribution in [0.2, 0.25) is 34.5 Å². The van der Waals surface area contributed by atoms with E-state index in [2.05, 4.69) is 90.0 Å². The molecule has 0 nitrogen and oxygen atoms in total. The fourth-order valence-electron chi connectivity index (χ4n) is 4.46. The van der Waals surface area contributed by atoms with E-state index in [1.165, 1.54) is 0 Å². The molecule has 2 heteroatoms. The van der Waals surface area contributed by atoms with Gasteiger partial charge in [0.05, 0.1) is 0 Å². The van der Waals surface area contributed by atoms with Crippen LogP contribution in [0.3, 0.4) is 0 Å². The molecule has 0 bridgehead atoms. The SMILES string of the molecule is C[C]1([Ge]([CH3])([CH3])[CH3])c2ccccc2[CH]([Ge]([CH3])([CH3])[CH3])c2ccccc21. The molecule has 0 fully saturated rings. The summed E-state index contributed by atoms with van der Waals surface area (Å²) < 4.78 is 0.914. The Morgan fingerprint density at radius 3 is 1.43 bits per heavy atom. The molecule has 23 heavy (non-hydrogen) atoms. The molecule has 0 atom stereocenters. The summed E-state index contributed by atoms with van der Waals surface area (Å²) in [6.07, 6.45) is 0. The van der Waals surface area contributed by atoms with Gasteiger partial charge < -0.3 is 0 Å². The molecule has 0 saturated heterocycles. The van der Waals surface area contributed by atoms with Gasteiger partial charge in [-0.3, -0.25) is 0 Å². The van der Waals surface area contributed by atoms with Crippen LogP contribution in [0.15, 0.2) is 48.5 Å². The Morgan fingerprint density at radius 1 is 0.696 bits per heavy atom. The summed E-state index contributed by atoms with van der Waals surface area (Å²) in [5.74, 6) is 15.4. The van der Waals surface area contributed by atoms with Crippen molar-refractivity contribution in [2.75, 3.05) is 0 Å². The van der Waals surface area contributed by atoms with Crippen molar-refractivity contribution in [1.29, 1.82) is 0 Å². The van der Waals surface area contributed by atoms with Crippen molar-refractivity contribution < 1.29 is 0 Å². The molecular formula is C21H30Ge2. The van der Waals surface area contributed by atoms with Gasteiger partial charge in [-0.2, -0.15) is 0 Å². The van der Waals surface area contributed by atoms with Gasteiger partial charge in [0.25, 0.3) is 0 Å². The van der Waals surface area contributed by atoms with E-state index in [0.717, 1.165) is 0 Å². The van der Waals surface area contributed by atoms with Crippen LogP contribution in [-0.2, 0) is 4.25 Å². The Balaban J connectivity index is 2.43. The van der Waals surface area contributed by atoms with E-state index >= 15 is 0 Å². The van der Waals surface area contributed by atoms with Crippen molar-refractivity contribution in [2.45, 2.75) is 50.5 Å². The number of hydrogen-bond donors (Lipinski definition) is 0. The van der Waals surface area contributed by atoms with Crippen LogP contribution in [0.25, 0.3) is 0 Å². The van der Waals surface area contributed by atoms with Crippen LogP contribution in [0.4, 0.5) is 0 Å². The van der Waals surface area contributed by atoms with Gasteiger partial charge in [0.15, 0.2) is 0 Å². The Labute approximate surface area is 147 Å².